The Balaban J connectivity index is 1.37. The summed E-state index contributed by atoms with van der Waals surface area (Å²) in [5, 5.41) is 30.5. The highest BCUT2D eigenvalue weighted by Crippen LogP contribution is 2.73. The number of esters is 1. The third-order valence-electron chi connectivity index (χ3n) is 11.7. The maximum Gasteiger partial charge on any atom is 0.342 e. The van der Waals surface area contributed by atoms with Crippen LogP contribution in [0, 0.1) is 41.4 Å². The van der Waals surface area contributed by atoms with Gasteiger partial charge < -0.3 is 24.4 Å². The number of aliphatic hydroxyl groups excluding tert-OH is 1. The molecular weight excluding hydrogens is 544 g/mol. The fraction of sp³-hybridized carbons (Fsp3) is 0.600. The minimum absolute atomic E-state index is 0.0844. The lowest BCUT2D eigenvalue weighted by atomic mass is 9.58. The number of hydrogen-bond donors (Lipinski definition) is 2. The SMILES string of the molecule is CC1=C[C@]23C(O)[C@@H](C=C4COC(C)(C)O[C@H]4[C@]2(O)[C@H]1OC(=O)c1c(-c2ccccc2)nn(C)c1C)[C@H]1[C@@H](C[C@H]3C)C1(C)C. The Morgan fingerprint density at radius 1 is 1.14 bits per heavy atom. The standard InChI is InChI=1S/C35H44N2O6/c1-18-16-34-19(2)14-24-26(32(24,4)5)23(28(34)38)15-22-17-41-33(6,7)43-30(22)35(34,40)29(18)42-31(39)25-20(3)37(8)36-27(25)21-12-10-9-11-13-21/h9-13,15-16,19,23-24,26,28-30,38,40H,14,17H2,1-8H3/t19-,23+,24-,26+,28?,29+,30-,34+,35-/m1/s1. The first-order valence-electron chi connectivity index (χ1n) is 15.6. The second kappa shape index (κ2) is 9.13. The molecule has 1 aliphatic heterocycles. The minimum Gasteiger partial charge on any atom is -0.451 e. The van der Waals surface area contributed by atoms with Gasteiger partial charge in [0.15, 0.2) is 11.9 Å². The zero-order valence-corrected chi connectivity index (χ0v) is 26.4. The highest BCUT2D eigenvalue weighted by molar-refractivity contribution is 5.97. The van der Waals surface area contributed by atoms with E-state index in [2.05, 4.69) is 31.9 Å². The number of ether oxygens (including phenoxy) is 3. The van der Waals surface area contributed by atoms with Gasteiger partial charge in [-0.25, -0.2) is 4.79 Å². The summed E-state index contributed by atoms with van der Waals surface area (Å²) >= 11 is 0. The summed E-state index contributed by atoms with van der Waals surface area (Å²) in [5.41, 5.74) is 1.10. The molecule has 2 saturated carbocycles. The molecule has 2 N–H and O–H groups in total. The third-order valence-corrected chi connectivity index (χ3v) is 11.7. The molecule has 2 heterocycles. The molecule has 4 aliphatic carbocycles. The number of aromatic nitrogens is 2. The first kappa shape index (κ1) is 29.0. The van der Waals surface area contributed by atoms with Crippen molar-refractivity contribution in [2.24, 2.45) is 41.5 Å². The van der Waals surface area contributed by atoms with Gasteiger partial charge >= 0.3 is 5.97 Å². The summed E-state index contributed by atoms with van der Waals surface area (Å²) in [4.78, 5) is 14.3. The molecule has 1 spiro atoms. The first-order chi connectivity index (χ1) is 20.1. The van der Waals surface area contributed by atoms with E-state index in [1.54, 1.807) is 11.7 Å². The fourth-order valence-electron chi connectivity index (χ4n) is 9.43. The van der Waals surface area contributed by atoms with Crippen molar-refractivity contribution in [3.63, 3.8) is 0 Å². The first-order valence-corrected chi connectivity index (χ1v) is 15.6. The highest BCUT2D eigenvalue weighted by atomic mass is 16.7. The summed E-state index contributed by atoms with van der Waals surface area (Å²) in [5.74, 6) is -1.14. The van der Waals surface area contributed by atoms with Crippen molar-refractivity contribution in [1.82, 2.24) is 9.78 Å². The van der Waals surface area contributed by atoms with Crippen LogP contribution in [0.2, 0.25) is 0 Å². The van der Waals surface area contributed by atoms with Crippen LogP contribution in [0.4, 0.5) is 0 Å². The number of hydrogen-bond acceptors (Lipinski definition) is 7. The number of fused-ring (bicyclic) bond motifs is 5. The lowest BCUT2D eigenvalue weighted by Gasteiger charge is -2.55. The number of carbonyl (C=O) groups excluding carboxylic acids is 1. The van der Waals surface area contributed by atoms with Crippen molar-refractivity contribution in [2.45, 2.75) is 84.6 Å². The molecule has 9 atom stereocenters. The van der Waals surface area contributed by atoms with Crippen molar-refractivity contribution >= 4 is 5.97 Å². The van der Waals surface area contributed by atoms with E-state index in [0.717, 1.165) is 17.6 Å². The summed E-state index contributed by atoms with van der Waals surface area (Å²) in [6.45, 7) is 14.4. The van der Waals surface area contributed by atoms with Crippen LogP contribution < -0.4 is 0 Å². The Morgan fingerprint density at radius 3 is 2.53 bits per heavy atom. The highest BCUT2D eigenvalue weighted by Gasteiger charge is 2.77. The zero-order chi connectivity index (χ0) is 30.9. The number of aryl methyl sites for hydroxylation is 1. The second-order valence-corrected chi connectivity index (χ2v) is 14.8. The Hall–Kier alpha value is -2.78. The van der Waals surface area contributed by atoms with E-state index in [1.165, 1.54) is 0 Å². The number of carbonyl (C=O) groups is 1. The summed E-state index contributed by atoms with van der Waals surface area (Å²) in [6.07, 6.45) is 2.20. The lowest BCUT2D eigenvalue weighted by molar-refractivity contribution is -0.312. The predicted octanol–water partition coefficient (Wildman–Crippen LogP) is 4.98. The van der Waals surface area contributed by atoms with Crippen LogP contribution >= 0.6 is 0 Å². The van der Waals surface area contributed by atoms with Crippen LogP contribution in [0.1, 0.15) is 64.0 Å². The Bertz CT molecular complexity index is 1560. The molecule has 5 aliphatic rings. The predicted molar refractivity (Wildman–Crippen MR) is 161 cm³/mol. The van der Waals surface area contributed by atoms with Gasteiger partial charge in [-0.2, -0.15) is 5.10 Å². The number of benzene rings is 1. The monoisotopic (exact) mass is 588 g/mol. The molecule has 3 fully saturated rings. The van der Waals surface area contributed by atoms with Crippen LogP contribution in [0.15, 0.2) is 53.6 Å². The molecule has 7 rings (SSSR count). The Kier molecular flexibility index (Phi) is 6.15. The lowest BCUT2D eigenvalue weighted by Crippen LogP contribution is -2.69. The summed E-state index contributed by atoms with van der Waals surface area (Å²) in [7, 11) is 1.80. The smallest absolute Gasteiger partial charge is 0.342 e. The molecule has 0 amide bonds. The van der Waals surface area contributed by atoms with E-state index in [4.69, 9.17) is 14.2 Å². The average Bonchev–Trinajstić information content (AvgIpc) is 3.27. The van der Waals surface area contributed by atoms with E-state index in [9.17, 15) is 15.0 Å². The summed E-state index contributed by atoms with van der Waals surface area (Å²) < 4.78 is 20.8. The van der Waals surface area contributed by atoms with Gasteiger partial charge in [0.1, 0.15) is 23.0 Å². The van der Waals surface area contributed by atoms with E-state index in [1.807, 2.05) is 64.1 Å². The normalized spacial score (nSPS) is 40.2. The fourth-order valence-corrected chi connectivity index (χ4v) is 9.43. The molecule has 1 saturated heterocycles. The van der Waals surface area contributed by atoms with E-state index in [-0.39, 0.29) is 29.8 Å². The molecule has 43 heavy (non-hydrogen) atoms. The molecule has 1 aromatic heterocycles. The second-order valence-electron chi connectivity index (χ2n) is 14.8. The zero-order valence-electron chi connectivity index (χ0n) is 26.4. The van der Waals surface area contributed by atoms with Gasteiger partial charge in [-0.15, -0.1) is 0 Å². The minimum atomic E-state index is -1.77. The van der Waals surface area contributed by atoms with Crippen molar-refractivity contribution in [3.05, 3.63) is 64.9 Å². The van der Waals surface area contributed by atoms with Crippen LogP contribution in [0.5, 0.6) is 0 Å². The molecule has 2 bridgehead atoms. The van der Waals surface area contributed by atoms with Crippen LogP contribution in [-0.2, 0) is 21.3 Å². The van der Waals surface area contributed by atoms with Crippen molar-refractivity contribution in [3.8, 4) is 11.3 Å². The third kappa shape index (κ3) is 3.76. The molecule has 1 unspecified atom stereocenters. The molecule has 8 nitrogen and oxygen atoms in total. The van der Waals surface area contributed by atoms with Gasteiger partial charge in [0.25, 0.3) is 0 Å². The molecule has 0 radical (unpaired) electrons. The maximum atomic E-state index is 14.3. The van der Waals surface area contributed by atoms with Crippen LogP contribution in [-0.4, -0.2) is 62.3 Å². The van der Waals surface area contributed by atoms with Gasteiger partial charge in [-0.1, -0.05) is 63.3 Å². The topological polar surface area (TPSA) is 103 Å². The van der Waals surface area contributed by atoms with Gasteiger partial charge in [-0.05, 0) is 68.4 Å². The van der Waals surface area contributed by atoms with E-state index < -0.39 is 41.1 Å². The van der Waals surface area contributed by atoms with Crippen molar-refractivity contribution in [1.29, 1.82) is 0 Å². The van der Waals surface area contributed by atoms with Gasteiger partial charge in [-0.3, -0.25) is 4.68 Å². The van der Waals surface area contributed by atoms with Gasteiger partial charge in [0.2, 0.25) is 0 Å². The molecule has 1 aromatic carbocycles. The Labute approximate surface area is 253 Å². The van der Waals surface area contributed by atoms with Crippen LogP contribution in [0.25, 0.3) is 11.3 Å². The number of rotatable bonds is 3. The summed E-state index contributed by atoms with van der Waals surface area (Å²) in [6, 6.07) is 9.57. The van der Waals surface area contributed by atoms with E-state index >= 15 is 0 Å². The Morgan fingerprint density at radius 2 is 1.84 bits per heavy atom. The van der Waals surface area contributed by atoms with Crippen molar-refractivity contribution in [2.75, 3.05) is 6.61 Å². The maximum absolute atomic E-state index is 14.3. The largest absolute Gasteiger partial charge is 0.451 e. The van der Waals surface area contributed by atoms with Crippen molar-refractivity contribution < 1.29 is 29.2 Å². The van der Waals surface area contributed by atoms with Gasteiger partial charge in [0, 0.05) is 18.5 Å². The quantitative estimate of drug-likeness (QED) is 0.385. The molecule has 8 heteroatoms. The number of nitrogens with zero attached hydrogens (tertiary/aromatic N) is 2. The van der Waals surface area contributed by atoms with Gasteiger partial charge in [0.05, 0.1) is 23.8 Å². The van der Waals surface area contributed by atoms with E-state index in [0.29, 0.717) is 28.4 Å². The molecule has 230 valence electrons. The molecular formula is C35H44N2O6. The van der Waals surface area contributed by atoms with Crippen LogP contribution in [0.3, 0.4) is 0 Å². The number of aliphatic hydroxyl groups is 2. The average molecular weight is 589 g/mol. The molecule has 2 aromatic rings.